The molecule has 6 rings (SSSR count). The van der Waals surface area contributed by atoms with E-state index in [1.807, 2.05) is 0 Å². The molecular formula is C24H26N4O. The highest BCUT2D eigenvalue weighted by atomic mass is 16.2. The summed E-state index contributed by atoms with van der Waals surface area (Å²) in [5.74, 6) is 2.62. The number of benzene rings is 2. The maximum Gasteiger partial charge on any atom is 0.226 e. The van der Waals surface area contributed by atoms with Gasteiger partial charge in [0.05, 0.1) is 0 Å². The topological polar surface area (TPSA) is 52.2 Å². The van der Waals surface area contributed by atoms with Gasteiger partial charge in [0.25, 0.3) is 0 Å². The molecule has 0 bridgehead atoms. The number of hydrogen-bond acceptors (Lipinski definition) is 3. The average molecular weight is 386 g/mol. The molecule has 29 heavy (non-hydrogen) atoms. The van der Waals surface area contributed by atoms with Crippen molar-refractivity contribution >= 4 is 22.5 Å². The number of nitrogens with one attached hydrogen (secondary N) is 1. The number of carbonyl (C=O) groups is 1. The van der Waals surface area contributed by atoms with Gasteiger partial charge in [-0.2, -0.15) is 5.10 Å². The molecule has 0 spiro atoms. The molecule has 2 unspecified atom stereocenters. The maximum atomic E-state index is 13.0. The maximum absolute atomic E-state index is 13.0. The molecule has 1 aromatic heterocycles. The minimum absolute atomic E-state index is 0.162. The molecule has 2 saturated carbocycles. The van der Waals surface area contributed by atoms with Gasteiger partial charge in [-0.1, -0.05) is 42.5 Å². The zero-order valence-corrected chi connectivity index (χ0v) is 16.6. The standard InChI is InChI=1S/C24H26N4O/c29-24(21-14-20(21)19-8-5-16-3-1-2-4-18(16)13-19)28-11-9-27(10-12-28)23-15-22(25-26-23)17-6-7-17/h1-5,8,13,15,17,20-21H,6-7,9-12,14H2,(H,25,26). The highest BCUT2D eigenvalue weighted by molar-refractivity contribution is 5.86. The van der Waals surface area contributed by atoms with Crippen LogP contribution in [0.25, 0.3) is 10.8 Å². The molecule has 0 radical (unpaired) electrons. The van der Waals surface area contributed by atoms with Crippen LogP contribution in [0.15, 0.2) is 48.5 Å². The first-order valence-corrected chi connectivity index (χ1v) is 10.8. The van der Waals surface area contributed by atoms with E-state index in [-0.39, 0.29) is 5.92 Å². The molecule has 3 aliphatic rings. The summed E-state index contributed by atoms with van der Waals surface area (Å²) in [6, 6.07) is 17.3. The molecule has 148 valence electrons. The van der Waals surface area contributed by atoms with Crippen LogP contribution in [-0.2, 0) is 4.79 Å². The van der Waals surface area contributed by atoms with Crippen LogP contribution in [0, 0.1) is 5.92 Å². The zero-order chi connectivity index (χ0) is 19.4. The number of nitrogens with zero attached hydrogens (tertiary/aromatic N) is 3. The molecule has 2 aromatic carbocycles. The molecule has 5 heteroatoms. The van der Waals surface area contributed by atoms with Crippen molar-refractivity contribution < 1.29 is 4.79 Å². The van der Waals surface area contributed by atoms with Crippen LogP contribution in [0.3, 0.4) is 0 Å². The summed E-state index contributed by atoms with van der Waals surface area (Å²) >= 11 is 0. The first-order valence-electron chi connectivity index (χ1n) is 10.8. The molecule has 1 saturated heterocycles. The SMILES string of the molecule is O=C(C1CC1c1ccc2ccccc2c1)N1CCN(c2cc(C3CC3)[nH]n2)CC1. The molecule has 2 atom stereocenters. The average Bonchev–Trinajstić information content (AvgIpc) is 3.71. The van der Waals surface area contributed by atoms with Crippen LogP contribution in [0.1, 0.15) is 42.4 Å². The van der Waals surface area contributed by atoms with Crippen molar-refractivity contribution in [1.82, 2.24) is 15.1 Å². The van der Waals surface area contributed by atoms with Crippen molar-refractivity contribution in [1.29, 1.82) is 0 Å². The fourth-order valence-electron chi connectivity index (χ4n) is 4.76. The van der Waals surface area contributed by atoms with E-state index in [1.54, 1.807) is 0 Å². The number of piperazine rings is 1. The number of carbonyl (C=O) groups excluding carboxylic acids is 1. The molecule has 3 fully saturated rings. The normalized spacial score (nSPS) is 24.1. The van der Waals surface area contributed by atoms with Gasteiger partial charge in [0, 0.05) is 49.8 Å². The number of hydrogen-bond donors (Lipinski definition) is 1. The molecule has 1 aliphatic heterocycles. The Kier molecular flexibility index (Phi) is 3.89. The first kappa shape index (κ1) is 17.1. The lowest BCUT2D eigenvalue weighted by molar-refractivity contribution is -0.133. The van der Waals surface area contributed by atoms with Gasteiger partial charge in [-0.05, 0) is 41.5 Å². The predicted molar refractivity (Wildman–Crippen MR) is 114 cm³/mol. The van der Waals surface area contributed by atoms with Crippen LogP contribution in [-0.4, -0.2) is 47.2 Å². The van der Waals surface area contributed by atoms with Crippen LogP contribution in [0.5, 0.6) is 0 Å². The minimum atomic E-state index is 0.162. The lowest BCUT2D eigenvalue weighted by Gasteiger charge is -2.35. The van der Waals surface area contributed by atoms with Gasteiger partial charge < -0.3 is 9.80 Å². The van der Waals surface area contributed by atoms with E-state index >= 15 is 0 Å². The van der Waals surface area contributed by atoms with E-state index in [0.717, 1.165) is 38.4 Å². The quantitative estimate of drug-likeness (QED) is 0.740. The van der Waals surface area contributed by atoms with Gasteiger partial charge in [-0.25, -0.2) is 0 Å². The fourth-order valence-corrected chi connectivity index (χ4v) is 4.76. The van der Waals surface area contributed by atoms with Gasteiger partial charge >= 0.3 is 0 Å². The Morgan fingerprint density at radius 3 is 2.55 bits per heavy atom. The summed E-state index contributed by atoms with van der Waals surface area (Å²) in [4.78, 5) is 17.4. The molecule has 3 aromatic rings. The first-order chi connectivity index (χ1) is 14.3. The molecule has 5 nitrogen and oxygen atoms in total. The van der Waals surface area contributed by atoms with Gasteiger partial charge in [-0.3, -0.25) is 9.89 Å². The van der Waals surface area contributed by atoms with Crippen LogP contribution >= 0.6 is 0 Å². The minimum Gasteiger partial charge on any atom is -0.352 e. The van der Waals surface area contributed by atoms with Crippen molar-refractivity contribution in [2.45, 2.75) is 31.1 Å². The van der Waals surface area contributed by atoms with Crippen molar-refractivity contribution in [3.8, 4) is 0 Å². The molecule has 1 N–H and O–H groups in total. The molecule has 2 aliphatic carbocycles. The third kappa shape index (κ3) is 3.18. The van der Waals surface area contributed by atoms with Crippen molar-refractivity contribution in [3.63, 3.8) is 0 Å². The third-order valence-electron chi connectivity index (χ3n) is 6.83. The largest absolute Gasteiger partial charge is 0.352 e. The van der Waals surface area contributed by atoms with Crippen LogP contribution in [0.4, 0.5) is 5.82 Å². The van der Waals surface area contributed by atoms with Crippen molar-refractivity contribution in [2.24, 2.45) is 5.92 Å². The number of fused-ring (bicyclic) bond motifs is 1. The second-order valence-electron chi connectivity index (χ2n) is 8.82. The highest BCUT2D eigenvalue weighted by Crippen LogP contribution is 2.49. The molecule has 2 heterocycles. The lowest BCUT2D eigenvalue weighted by atomic mass is 10.0. The molecule has 1 amide bonds. The van der Waals surface area contributed by atoms with E-state index in [1.165, 1.54) is 34.9 Å². The third-order valence-corrected chi connectivity index (χ3v) is 6.83. The Morgan fingerprint density at radius 2 is 1.76 bits per heavy atom. The van der Waals surface area contributed by atoms with E-state index in [2.05, 4.69) is 68.5 Å². The Balaban J connectivity index is 1.08. The highest BCUT2D eigenvalue weighted by Gasteiger charge is 2.46. The lowest BCUT2D eigenvalue weighted by Crippen LogP contribution is -2.49. The summed E-state index contributed by atoms with van der Waals surface area (Å²) in [6.07, 6.45) is 3.55. The van der Waals surface area contributed by atoms with E-state index in [0.29, 0.717) is 17.7 Å². The Bertz CT molecular complexity index is 1060. The summed E-state index contributed by atoms with van der Waals surface area (Å²) in [6.45, 7) is 3.33. The fraction of sp³-hybridized carbons (Fsp3) is 0.417. The van der Waals surface area contributed by atoms with Gasteiger partial charge in [0.1, 0.15) is 0 Å². The van der Waals surface area contributed by atoms with E-state index in [9.17, 15) is 4.79 Å². The number of anilines is 1. The Labute approximate surface area is 170 Å². The smallest absolute Gasteiger partial charge is 0.226 e. The number of aromatic amines is 1. The zero-order valence-electron chi connectivity index (χ0n) is 16.6. The van der Waals surface area contributed by atoms with Crippen molar-refractivity contribution in [3.05, 3.63) is 59.8 Å². The van der Waals surface area contributed by atoms with E-state index < -0.39 is 0 Å². The summed E-state index contributed by atoms with van der Waals surface area (Å²) in [7, 11) is 0. The molecular weight excluding hydrogens is 360 g/mol. The van der Waals surface area contributed by atoms with Gasteiger partial charge in [-0.15, -0.1) is 0 Å². The summed E-state index contributed by atoms with van der Waals surface area (Å²) < 4.78 is 0. The second kappa shape index (κ2) is 6.61. The van der Waals surface area contributed by atoms with Crippen LogP contribution < -0.4 is 4.90 Å². The van der Waals surface area contributed by atoms with Crippen molar-refractivity contribution in [2.75, 3.05) is 31.1 Å². The summed E-state index contributed by atoms with van der Waals surface area (Å²) in [5.41, 5.74) is 2.58. The van der Waals surface area contributed by atoms with Gasteiger partial charge in [0.15, 0.2) is 5.82 Å². The number of H-pyrrole nitrogens is 1. The van der Waals surface area contributed by atoms with Gasteiger partial charge in [0.2, 0.25) is 5.91 Å². The van der Waals surface area contributed by atoms with E-state index in [4.69, 9.17) is 0 Å². The summed E-state index contributed by atoms with van der Waals surface area (Å²) in [5, 5.41) is 10.2. The number of amides is 1. The number of aromatic nitrogens is 2. The Hall–Kier alpha value is -2.82. The number of rotatable bonds is 4. The monoisotopic (exact) mass is 386 g/mol. The predicted octanol–water partition coefficient (Wildman–Crippen LogP) is 3.89. The second-order valence-corrected chi connectivity index (χ2v) is 8.82. The Morgan fingerprint density at radius 1 is 0.966 bits per heavy atom. The van der Waals surface area contributed by atoms with Crippen LogP contribution in [0.2, 0.25) is 0 Å².